The van der Waals surface area contributed by atoms with Crippen molar-refractivity contribution in [3.8, 4) is 0 Å². The third-order valence-electron chi connectivity index (χ3n) is 3.69. The first kappa shape index (κ1) is 16.3. The topological polar surface area (TPSA) is 77.5 Å². The Kier molecular flexibility index (Phi) is 4.17. The summed E-state index contributed by atoms with van der Waals surface area (Å²) in [5, 5.41) is 0. The van der Waals surface area contributed by atoms with E-state index in [1.807, 2.05) is 6.92 Å². The standard InChI is InChI=1S/C18H14O5S/c1-12-2-5-14(6-3-12)24(21,22)23-11-13-4-7-15-16(10-13)18(20)9-8-17(15)19/h2-10H,11H2,1H3. The molecular weight excluding hydrogens is 328 g/mol. The second-order valence-corrected chi connectivity index (χ2v) is 7.09. The highest BCUT2D eigenvalue weighted by Crippen LogP contribution is 2.21. The molecule has 1 aliphatic carbocycles. The number of allylic oxidation sites excluding steroid dienone is 2. The number of carbonyl (C=O) groups excluding carboxylic acids is 2. The molecule has 2 aromatic rings. The van der Waals surface area contributed by atoms with Crippen LogP contribution in [-0.4, -0.2) is 20.0 Å². The van der Waals surface area contributed by atoms with Crippen LogP contribution in [0.15, 0.2) is 59.5 Å². The predicted octanol–water partition coefficient (Wildman–Crippen LogP) is 2.84. The molecule has 3 rings (SSSR count). The fourth-order valence-electron chi connectivity index (χ4n) is 2.35. The van der Waals surface area contributed by atoms with Crippen LogP contribution in [0.2, 0.25) is 0 Å². The first-order valence-electron chi connectivity index (χ1n) is 7.22. The molecule has 0 N–H and O–H groups in total. The normalized spacial score (nSPS) is 13.9. The van der Waals surface area contributed by atoms with Gasteiger partial charge in [0, 0.05) is 11.1 Å². The highest BCUT2D eigenvalue weighted by Gasteiger charge is 2.20. The van der Waals surface area contributed by atoms with Gasteiger partial charge in [0.1, 0.15) is 0 Å². The summed E-state index contributed by atoms with van der Waals surface area (Å²) in [6.07, 6.45) is 2.43. The van der Waals surface area contributed by atoms with Gasteiger partial charge in [-0.15, -0.1) is 0 Å². The van der Waals surface area contributed by atoms with Gasteiger partial charge in [-0.25, -0.2) is 0 Å². The van der Waals surface area contributed by atoms with Crippen LogP contribution in [0.4, 0.5) is 0 Å². The van der Waals surface area contributed by atoms with Crippen molar-refractivity contribution in [1.82, 2.24) is 0 Å². The maximum atomic E-state index is 12.2. The molecule has 24 heavy (non-hydrogen) atoms. The summed E-state index contributed by atoms with van der Waals surface area (Å²) in [6.45, 7) is 1.64. The van der Waals surface area contributed by atoms with Gasteiger partial charge in [0.2, 0.25) is 0 Å². The first-order valence-corrected chi connectivity index (χ1v) is 8.63. The molecule has 1 aliphatic rings. The fraction of sp³-hybridized carbons (Fsp3) is 0.111. The highest BCUT2D eigenvalue weighted by atomic mass is 32.2. The zero-order chi connectivity index (χ0) is 17.3. The average molecular weight is 342 g/mol. The highest BCUT2D eigenvalue weighted by molar-refractivity contribution is 7.86. The molecule has 0 atom stereocenters. The third-order valence-corrected chi connectivity index (χ3v) is 4.97. The molecule has 0 saturated heterocycles. The van der Waals surface area contributed by atoms with Crippen LogP contribution in [0.5, 0.6) is 0 Å². The Hall–Kier alpha value is -2.57. The van der Waals surface area contributed by atoms with E-state index >= 15 is 0 Å². The van der Waals surface area contributed by atoms with Crippen molar-refractivity contribution >= 4 is 21.7 Å². The Morgan fingerprint density at radius 1 is 0.875 bits per heavy atom. The molecule has 0 radical (unpaired) electrons. The van der Waals surface area contributed by atoms with E-state index in [0.717, 1.165) is 5.56 Å². The van der Waals surface area contributed by atoms with E-state index in [1.54, 1.807) is 18.2 Å². The molecule has 6 heteroatoms. The minimum atomic E-state index is -3.89. The zero-order valence-corrected chi connectivity index (χ0v) is 13.7. The van der Waals surface area contributed by atoms with Gasteiger partial charge in [0.05, 0.1) is 11.5 Å². The molecule has 0 aliphatic heterocycles. The lowest BCUT2D eigenvalue weighted by Crippen LogP contribution is -2.12. The van der Waals surface area contributed by atoms with Gasteiger partial charge in [-0.05, 0) is 48.9 Å². The molecule has 2 aromatic carbocycles. The van der Waals surface area contributed by atoms with E-state index < -0.39 is 10.1 Å². The van der Waals surface area contributed by atoms with Crippen LogP contribution in [0.1, 0.15) is 31.8 Å². The largest absolute Gasteiger partial charge is 0.297 e. The number of benzene rings is 2. The average Bonchev–Trinajstić information content (AvgIpc) is 2.57. The maximum Gasteiger partial charge on any atom is 0.297 e. The molecular formula is C18H14O5S. The second kappa shape index (κ2) is 6.14. The van der Waals surface area contributed by atoms with E-state index in [-0.39, 0.29) is 28.6 Å². The summed E-state index contributed by atoms with van der Waals surface area (Å²) >= 11 is 0. The molecule has 0 heterocycles. The third kappa shape index (κ3) is 3.20. The lowest BCUT2D eigenvalue weighted by Gasteiger charge is -2.11. The lowest BCUT2D eigenvalue weighted by atomic mass is 9.93. The second-order valence-electron chi connectivity index (χ2n) is 5.47. The summed E-state index contributed by atoms with van der Waals surface area (Å²) in [7, 11) is -3.89. The summed E-state index contributed by atoms with van der Waals surface area (Å²) in [4.78, 5) is 23.6. The number of fused-ring (bicyclic) bond motifs is 1. The smallest absolute Gasteiger partial charge is 0.289 e. The summed E-state index contributed by atoms with van der Waals surface area (Å²) in [5.74, 6) is -0.530. The SMILES string of the molecule is Cc1ccc(S(=O)(=O)OCc2ccc3c(c2)C(=O)C=CC3=O)cc1. The van der Waals surface area contributed by atoms with Gasteiger partial charge >= 0.3 is 0 Å². The molecule has 0 amide bonds. The molecule has 0 bridgehead atoms. The summed E-state index contributed by atoms with van der Waals surface area (Å²) < 4.78 is 29.4. The van der Waals surface area contributed by atoms with Gasteiger partial charge in [-0.2, -0.15) is 8.42 Å². The number of hydrogen-bond donors (Lipinski definition) is 0. The number of ketones is 2. The molecule has 0 saturated carbocycles. The van der Waals surface area contributed by atoms with Crippen molar-refractivity contribution in [3.05, 3.63) is 76.9 Å². The number of aryl methyl sites for hydroxylation is 1. The van der Waals surface area contributed by atoms with Gasteiger partial charge in [-0.1, -0.05) is 23.8 Å². The number of rotatable bonds is 4. The van der Waals surface area contributed by atoms with Gasteiger partial charge < -0.3 is 0 Å². The van der Waals surface area contributed by atoms with Crippen molar-refractivity contribution < 1.29 is 22.2 Å². The molecule has 122 valence electrons. The van der Waals surface area contributed by atoms with Gasteiger partial charge in [-0.3, -0.25) is 13.8 Å². The van der Waals surface area contributed by atoms with Gasteiger partial charge in [0.25, 0.3) is 10.1 Å². The summed E-state index contributed by atoms with van der Waals surface area (Å²) in [6, 6.07) is 10.9. The number of carbonyl (C=O) groups is 2. The Bertz CT molecular complexity index is 953. The Labute approximate surface area is 139 Å². The van der Waals surface area contributed by atoms with Crippen molar-refractivity contribution in [2.45, 2.75) is 18.4 Å². The van der Waals surface area contributed by atoms with Crippen molar-refractivity contribution in [2.24, 2.45) is 0 Å². The van der Waals surface area contributed by atoms with Crippen LogP contribution >= 0.6 is 0 Å². The fourth-order valence-corrected chi connectivity index (χ4v) is 3.25. The Balaban J connectivity index is 1.80. The van der Waals surface area contributed by atoms with E-state index in [9.17, 15) is 18.0 Å². The quantitative estimate of drug-likeness (QED) is 0.799. The van der Waals surface area contributed by atoms with E-state index in [2.05, 4.69) is 0 Å². The van der Waals surface area contributed by atoms with E-state index in [1.165, 1.54) is 36.4 Å². The number of hydrogen-bond acceptors (Lipinski definition) is 5. The molecule has 0 unspecified atom stereocenters. The summed E-state index contributed by atoms with van der Waals surface area (Å²) in [5.41, 5.74) is 2.02. The predicted molar refractivity (Wildman–Crippen MR) is 87.4 cm³/mol. The Morgan fingerprint density at radius 2 is 1.50 bits per heavy atom. The molecule has 0 spiro atoms. The van der Waals surface area contributed by atoms with Crippen LogP contribution in [-0.2, 0) is 20.9 Å². The molecule has 0 aromatic heterocycles. The lowest BCUT2D eigenvalue weighted by molar-refractivity contribution is 0.0994. The van der Waals surface area contributed by atoms with Crippen LogP contribution < -0.4 is 0 Å². The van der Waals surface area contributed by atoms with E-state index in [0.29, 0.717) is 11.1 Å². The Morgan fingerprint density at radius 3 is 2.17 bits per heavy atom. The van der Waals surface area contributed by atoms with Crippen LogP contribution in [0, 0.1) is 6.92 Å². The monoisotopic (exact) mass is 342 g/mol. The molecule has 0 fully saturated rings. The molecule has 5 nitrogen and oxygen atoms in total. The van der Waals surface area contributed by atoms with E-state index in [4.69, 9.17) is 4.18 Å². The van der Waals surface area contributed by atoms with Crippen molar-refractivity contribution in [1.29, 1.82) is 0 Å². The maximum absolute atomic E-state index is 12.2. The van der Waals surface area contributed by atoms with Crippen LogP contribution in [0.25, 0.3) is 0 Å². The minimum Gasteiger partial charge on any atom is -0.289 e. The van der Waals surface area contributed by atoms with Gasteiger partial charge in [0.15, 0.2) is 11.6 Å². The zero-order valence-electron chi connectivity index (χ0n) is 12.9. The first-order chi connectivity index (χ1) is 11.4. The minimum absolute atomic E-state index is 0.0697. The van der Waals surface area contributed by atoms with Crippen LogP contribution in [0.3, 0.4) is 0 Å². The van der Waals surface area contributed by atoms with Crippen molar-refractivity contribution in [2.75, 3.05) is 0 Å². The van der Waals surface area contributed by atoms with Crippen molar-refractivity contribution in [3.63, 3.8) is 0 Å².